The number of amides is 2. The Hall–Kier alpha value is -4.05. The number of aromatic nitrogens is 2. The number of nitrogens with one attached hydrogen (secondary N) is 1. The standard InChI is InChI=1S/C27H27ClN4O6/c1-35-23-8-5-17(14-29-23)24-22(38-20-9-10-32-19(11-20)15-37-27(32)34)12-21(26(31-24)36-2)25(33)30-13-16-3-6-18(28)7-4-16/h3-8,12,14,19-20H,9-11,13,15H2,1-2H3,(H,30,33)/t19-,20-/m0/s1. The molecule has 0 bridgehead atoms. The lowest BCUT2D eigenvalue weighted by Gasteiger charge is -2.33. The highest BCUT2D eigenvalue weighted by molar-refractivity contribution is 6.30. The Morgan fingerprint density at radius 2 is 2.00 bits per heavy atom. The van der Waals surface area contributed by atoms with Gasteiger partial charge in [0.25, 0.3) is 5.91 Å². The Labute approximate surface area is 224 Å². The van der Waals surface area contributed by atoms with Gasteiger partial charge in [-0.1, -0.05) is 23.7 Å². The van der Waals surface area contributed by atoms with Crippen molar-refractivity contribution in [2.24, 2.45) is 0 Å². The molecule has 2 saturated heterocycles. The molecule has 0 unspecified atom stereocenters. The Bertz CT molecular complexity index is 1320. The van der Waals surface area contributed by atoms with E-state index >= 15 is 0 Å². The van der Waals surface area contributed by atoms with Gasteiger partial charge in [0.05, 0.1) is 20.3 Å². The van der Waals surface area contributed by atoms with Crippen LogP contribution in [0.25, 0.3) is 11.3 Å². The van der Waals surface area contributed by atoms with E-state index in [9.17, 15) is 9.59 Å². The molecule has 3 aromatic rings. The molecule has 1 aromatic carbocycles. The Morgan fingerprint density at radius 3 is 2.71 bits per heavy atom. The van der Waals surface area contributed by atoms with E-state index in [1.54, 1.807) is 42.5 Å². The summed E-state index contributed by atoms with van der Waals surface area (Å²) < 4.78 is 22.3. The van der Waals surface area contributed by atoms with Gasteiger partial charge in [0, 0.05) is 54.8 Å². The fraction of sp³-hybridized carbons (Fsp3) is 0.333. The smallest absolute Gasteiger partial charge is 0.410 e. The molecule has 2 atom stereocenters. The molecule has 0 radical (unpaired) electrons. The number of hydrogen-bond acceptors (Lipinski definition) is 8. The number of halogens is 1. The van der Waals surface area contributed by atoms with Crippen molar-refractivity contribution in [3.8, 4) is 28.8 Å². The third-order valence-corrected chi connectivity index (χ3v) is 6.82. The molecule has 2 aliphatic rings. The zero-order valence-corrected chi connectivity index (χ0v) is 21.7. The van der Waals surface area contributed by atoms with Gasteiger partial charge >= 0.3 is 6.09 Å². The average Bonchev–Trinajstić information content (AvgIpc) is 3.32. The summed E-state index contributed by atoms with van der Waals surface area (Å²) in [4.78, 5) is 35.8. The highest BCUT2D eigenvalue weighted by Gasteiger charge is 2.39. The summed E-state index contributed by atoms with van der Waals surface area (Å²) in [6.07, 6.45) is 2.37. The van der Waals surface area contributed by atoms with E-state index in [0.717, 1.165) is 5.56 Å². The second-order valence-corrected chi connectivity index (χ2v) is 9.42. The monoisotopic (exact) mass is 538 g/mol. The number of benzene rings is 1. The summed E-state index contributed by atoms with van der Waals surface area (Å²) in [6.45, 7) is 1.17. The highest BCUT2D eigenvalue weighted by Crippen LogP contribution is 2.36. The van der Waals surface area contributed by atoms with Crippen molar-refractivity contribution in [1.29, 1.82) is 0 Å². The van der Waals surface area contributed by atoms with Crippen LogP contribution in [0, 0.1) is 0 Å². The van der Waals surface area contributed by atoms with Crippen LogP contribution in [-0.2, 0) is 11.3 Å². The van der Waals surface area contributed by atoms with Crippen LogP contribution in [0.4, 0.5) is 4.79 Å². The van der Waals surface area contributed by atoms with Gasteiger partial charge in [0.2, 0.25) is 11.8 Å². The summed E-state index contributed by atoms with van der Waals surface area (Å²) in [5, 5.41) is 3.52. The fourth-order valence-corrected chi connectivity index (χ4v) is 4.69. The summed E-state index contributed by atoms with van der Waals surface area (Å²) in [5.74, 6) is 0.664. The normalized spacial score (nSPS) is 18.4. The minimum atomic E-state index is -0.363. The van der Waals surface area contributed by atoms with Crippen LogP contribution >= 0.6 is 11.6 Å². The number of methoxy groups -OCH3 is 2. The van der Waals surface area contributed by atoms with Crippen LogP contribution in [0.3, 0.4) is 0 Å². The number of carbonyl (C=O) groups is 2. The zero-order chi connectivity index (χ0) is 26.6. The van der Waals surface area contributed by atoms with Crippen LogP contribution in [0.5, 0.6) is 17.5 Å². The van der Waals surface area contributed by atoms with Gasteiger partial charge in [0.15, 0.2) is 0 Å². The number of piperidine rings is 1. The maximum absolute atomic E-state index is 13.2. The second-order valence-electron chi connectivity index (χ2n) is 8.98. The Balaban J connectivity index is 1.44. The number of hydrogen-bond donors (Lipinski definition) is 1. The number of rotatable bonds is 8. The van der Waals surface area contributed by atoms with E-state index in [1.807, 2.05) is 18.2 Å². The number of ether oxygens (including phenoxy) is 4. The lowest BCUT2D eigenvalue weighted by atomic mass is 10.0. The van der Waals surface area contributed by atoms with Gasteiger partial charge in [-0.3, -0.25) is 4.79 Å². The molecular weight excluding hydrogens is 512 g/mol. The van der Waals surface area contributed by atoms with Crippen LogP contribution in [-0.4, -0.2) is 66.4 Å². The minimum absolute atomic E-state index is 0.0410. The molecule has 5 rings (SSSR count). The van der Waals surface area contributed by atoms with Crippen LogP contribution in [0.1, 0.15) is 28.8 Å². The minimum Gasteiger partial charge on any atom is -0.488 e. The van der Waals surface area contributed by atoms with Crippen molar-refractivity contribution < 1.29 is 28.5 Å². The largest absolute Gasteiger partial charge is 0.488 e. The predicted molar refractivity (Wildman–Crippen MR) is 139 cm³/mol. The summed E-state index contributed by atoms with van der Waals surface area (Å²) in [7, 11) is 3.00. The molecule has 0 saturated carbocycles. The Morgan fingerprint density at radius 1 is 1.18 bits per heavy atom. The molecule has 198 valence electrons. The third-order valence-electron chi connectivity index (χ3n) is 6.57. The first kappa shape index (κ1) is 25.6. The lowest BCUT2D eigenvalue weighted by Crippen LogP contribution is -2.44. The van der Waals surface area contributed by atoms with Crippen molar-refractivity contribution in [1.82, 2.24) is 20.2 Å². The van der Waals surface area contributed by atoms with Crippen LogP contribution in [0.2, 0.25) is 5.02 Å². The Kier molecular flexibility index (Phi) is 7.50. The zero-order valence-electron chi connectivity index (χ0n) is 21.0. The first-order valence-electron chi connectivity index (χ1n) is 12.2. The molecule has 1 N–H and O–H groups in total. The van der Waals surface area contributed by atoms with Crippen LogP contribution in [0.15, 0.2) is 48.7 Å². The molecular formula is C27H27ClN4O6. The van der Waals surface area contributed by atoms with E-state index in [0.29, 0.717) is 60.4 Å². The summed E-state index contributed by atoms with van der Waals surface area (Å²) in [6, 6.07) is 12.4. The molecule has 0 aliphatic carbocycles. The van der Waals surface area contributed by atoms with E-state index in [1.165, 1.54) is 7.11 Å². The maximum atomic E-state index is 13.2. The van der Waals surface area contributed by atoms with Gasteiger partial charge in [-0.05, 0) is 23.8 Å². The lowest BCUT2D eigenvalue weighted by molar-refractivity contribution is 0.0913. The van der Waals surface area contributed by atoms with Crippen molar-refractivity contribution in [2.45, 2.75) is 31.5 Å². The second kappa shape index (κ2) is 11.1. The maximum Gasteiger partial charge on any atom is 0.410 e. The van der Waals surface area contributed by atoms with E-state index in [2.05, 4.69) is 15.3 Å². The molecule has 38 heavy (non-hydrogen) atoms. The summed E-state index contributed by atoms with van der Waals surface area (Å²) >= 11 is 5.96. The quantitative estimate of drug-likeness (QED) is 0.456. The van der Waals surface area contributed by atoms with E-state index in [4.69, 9.17) is 30.5 Å². The molecule has 4 heterocycles. The fourth-order valence-electron chi connectivity index (χ4n) is 4.56. The number of carbonyl (C=O) groups excluding carboxylic acids is 2. The molecule has 11 heteroatoms. The number of pyridine rings is 2. The van der Waals surface area contributed by atoms with Crippen molar-refractivity contribution in [3.63, 3.8) is 0 Å². The molecule has 2 fully saturated rings. The number of cyclic esters (lactones) is 1. The molecule has 2 aliphatic heterocycles. The number of nitrogens with zero attached hydrogens (tertiary/aromatic N) is 3. The topological polar surface area (TPSA) is 112 Å². The highest BCUT2D eigenvalue weighted by atomic mass is 35.5. The molecule has 2 aromatic heterocycles. The molecule has 0 spiro atoms. The third kappa shape index (κ3) is 5.45. The molecule has 10 nitrogen and oxygen atoms in total. The van der Waals surface area contributed by atoms with Gasteiger partial charge in [0.1, 0.15) is 29.7 Å². The number of fused-ring (bicyclic) bond motifs is 1. The average molecular weight is 539 g/mol. The SMILES string of the molecule is COc1ccc(-c2nc(OC)c(C(=O)NCc3ccc(Cl)cc3)cc2O[C@H]2CCN3C(=O)OC[C@@H]3C2)cn1. The van der Waals surface area contributed by atoms with Crippen molar-refractivity contribution in [2.75, 3.05) is 27.4 Å². The first-order valence-corrected chi connectivity index (χ1v) is 12.5. The first-order chi connectivity index (χ1) is 18.4. The van der Waals surface area contributed by atoms with Crippen molar-refractivity contribution >= 4 is 23.6 Å². The van der Waals surface area contributed by atoms with Gasteiger partial charge in [-0.25, -0.2) is 14.8 Å². The van der Waals surface area contributed by atoms with E-state index in [-0.39, 0.29) is 35.6 Å². The van der Waals surface area contributed by atoms with Gasteiger partial charge in [-0.15, -0.1) is 0 Å². The van der Waals surface area contributed by atoms with Gasteiger partial charge < -0.3 is 29.2 Å². The molecule has 2 amide bonds. The summed E-state index contributed by atoms with van der Waals surface area (Å²) in [5.41, 5.74) is 2.28. The van der Waals surface area contributed by atoms with Crippen molar-refractivity contribution in [3.05, 3.63) is 64.8 Å². The van der Waals surface area contributed by atoms with Crippen LogP contribution < -0.4 is 19.5 Å². The van der Waals surface area contributed by atoms with Gasteiger partial charge in [-0.2, -0.15) is 0 Å². The predicted octanol–water partition coefficient (Wildman–Crippen LogP) is 4.11. The van der Waals surface area contributed by atoms with E-state index < -0.39 is 0 Å².